The maximum atomic E-state index is 12.7. The summed E-state index contributed by atoms with van der Waals surface area (Å²) in [5.41, 5.74) is 3.13. The molecule has 0 aliphatic carbocycles. The second-order valence-corrected chi connectivity index (χ2v) is 4.77. The van der Waals surface area contributed by atoms with E-state index >= 15 is 0 Å². The minimum absolute atomic E-state index is 0.168. The minimum atomic E-state index is -0.277. The van der Waals surface area contributed by atoms with E-state index in [2.05, 4.69) is 24.4 Å². The van der Waals surface area contributed by atoms with E-state index < -0.39 is 0 Å². The third-order valence-corrected chi connectivity index (χ3v) is 3.20. The molecule has 3 heteroatoms. The van der Waals surface area contributed by atoms with E-state index in [4.69, 9.17) is 0 Å². The summed E-state index contributed by atoms with van der Waals surface area (Å²) in [5.74, 6) is -0.445. The van der Waals surface area contributed by atoms with Crippen LogP contribution in [0.25, 0.3) is 6.08 Å². The molecular formula is C18H18FNO. The smallest absolute Gasteiger partial charge is 0.244 e. The first-order chi connectivity index (χ1) is 10.2. The monoisotopic (exact) mass is 283 g/mol. The van der Waals surface area contributed by atoms with Crippen LogP contribution < -0.4 is 5.32 Å². The van der Waals surface area contributed by atoms with Gasteiger partial charge in [-0.05, 0) is 41.3 Å². The molecule has 0 unspecified atom stereocenters. The summed E-state index contributed by atoms with van der Waals surface area (Å²) in [6.45, 7) is 2.49. The number of hydrogen-bond donors (Lipinski definition) is 1. The van der Waals surface area contributed by atoms with Crippen LogP contribution in [0.2, 0.25) is 0 Å². The van der Waals surface area contributed by atoms with Crippen molar-refractivity contribution in [3.05, 3.63) is 77.1 Å². The van der Waals surface area contributed by atoms with Crippen LogP contribution in [0.4, 0.5) is 4.39 Å². The molecule has 2 aromatic rings. The highest BCUT2D eigenvalue weighted by molar-refractivity contribution is 5.91. The fourth-order valence-electron chi connectivity index (χ4n) is 1.89. The average Bonchev–Trinajstić information content (AvgIpc) is 2.53. The molecule has 2 aromatic carbocycles. The van der Waals surface area contributed by atoms with Gasteiger partial charge in [0.05, 0.1) is 0 Å². The van der Waals surface area contributed by atoms with E-state index in [1.165, 1.54) is 23.8 Å². The fraction of sp³-hybridized carbons (Fsp3) is 0.167. The Morgan fingerprint density at radius 2 is 1.67 bits per heavy atom. The van der Waals surface area contributed by atoms with Gasteiger partial charge in [0.2, 0.25) is 5.91 Å². The van der Waals surface area contributed by atoms with Gasteiger partial charge in [0.25, 0.3) is 0 Å². The van der Waals surface area contributed by atoms with Crippen molar-refractivity contribution in [3.63, 3.8) is 0 Å². The summed E-state index contributed by atoms with van der Waals surface area (Å²) >= 11 is 0. The molecule has 0 aliphatic heterocycles. The van der Waals surface area contributed by atoms with Crippen molar-refractivity contribution < 1.29 is 9.18 Å². The Balaban J connectivity index is 1.85. The van der Waals surface area contributed by atoms with E-state index in [-0.39, 0.29) is 11.7 Å². The van der Waals surface area contributed by atoms with Crippen LogP contribution in [0.5, 0.6) is 0 Å². The molecule has 1 N–H and O–H groups in total. The van der Waals surface area contributed by atoms with Crippen molar-refractivity contribution in [2.24, 2.45) is 0 Å². The summed E-state index contributed by atoms with van der Waals surface area (Å²) < 4.78 is 12.7. The Hall–Kier alpha value is -2.42. The normalized spacial score (nSPS) is 10.8. The Morgan fingerprint density at radius 3 is 2.29 bits per heavy atom. The fourth-order valence-corrected chi connectivity index (χ4v) is 1.89. The molecule has 2 rings (SSSR count). The SMILES string of the molecule is CCc1ccc(/C=C/C(=O)NCc2ccc(F)cc2)cc1. The van der Waals surface area contributed by atoms with Crippen LogP contribution >= 0.6 is 0 Å². The lowest BCUT2D eigenvalue weighted by Crippen LogP contribution is -2.20. The molecule has 0 heterocycles. The number of halogens is 1. The van der Waals surface area contributed by atoms with Crippen LogP contribution in [0, 0.1) is 5.82 Å². The Labute approximate surface area is 124 Å². The summed E-state index contributed by atoms with van der Waals surface area (Å²) in [4.78, 5) is 11.7. The van der Waals surface area contributed by atoms with Crippen LogP contribution in [0.1, 0.15) is 23.6 Å². The molecule has 21 heavy (non-hydrogen) atoms. The van der Waals surface area contributed by atoms with Crippen molar-refractivity contribution >= 4 is 12.0 Å². The Kier molecular flexibility index (Phi) is 5.27. The molecule has 0 atom stereocenters. The molecule has 1 amide bonds. The standard InChI is InChI=1S/C18H18FNO/c1-2-14-3-5-15(6-4-14)9-12-18(21)20-13-16-7-10-17(19)11-8-16/h3-12H,2,13H2,1H3,(H,20,21)/b12-9+. The molecule has 2 nitrogen and oxygen atoms in total. The molecule has 0 bridgehead atoms. The molecule has 0 aromatic heterocycles. The number of nitrogens with one attached hydrogen (secondary N) is 1. The highest BCUT2D eigenvalue weighted by atomic mass is 19.1. The lowest BCUT2D eigenvalue weighted by molar-refractivity contribution is -0.116. The number of benzene rings is 2. The molecule has 108 valence electrons. The zero-order valence-corrected chi connectivity index (χ0v) is 12.0. The van der Waals surface area contributed by atoms with E-state index in [0.717, 1.165) is 17.5 Å². The summed E-state index contributed by atoms with van der Waals surface area (Å²) in [7, 11) is 0. The molecule has 0 fully saturated rings. The topological polar surface area (TPSA) is 29.1 Å². The van der Waals surface area contributed by atoms with Gasteiger partial charge in [-0.3, -0.25) is 4.79 Å². The van der Waals surface area contributed by atoms with E-state index in [0.29, 0.717) is 6.54 Å². The average molecular weight is 283 g/mol. The predicted octanol–water partition coefficient (Wildman–Crippen LogP) is 3.72. The maximum Gasteiger partial charge on any atom is 0.244 e. The number of rotatable bonds is 5. The lowest BCUT2D eigenvalue weighted by atomic mass is 10.1. The molecule has 0 radical (unpaired) electrons. The molecule has 0 aliphatic rings. The van der Waals surface area contributed by atoms with E-state index in [9.17, 15) is 9.18 Å². The van der Waals surface area contributed by atoms with Gasteiger partial charge in [0.1, 0.15) is 5.82 Å². The van der Waals surface area contributed by atoms with Crippen LogP contribution in [-0.4, -0.2) is 5.91 Å². The maximum absolute atomic E-state index is 12.7. The van der Waals surface area contributed by atoms with Gasteiger partial charge >= 0.3 is 0 Å². The third kappa shape index (κ3) is 4.88. The first kappa shape index (κ1) is 15.0. The van der Waals surface area contributed by atoms with Crippen LogP contribution in [-0.2, 0) is 17.8 Å². The predicted molar refractivity (Wildman–Crippen MR) is 83.1 cm³/mol. The zero-order chi connectivity index (χ0) is 15.1. The van der Waals surface area contributed by atoms with Crippen molar-refractivity contribution in [2.45, 2.75) is 19.9 Å². The zero-order valence-electron chi connectivity index (χ0n) is 12.0. The minimum Gasteiger partial charge on any atom is -0.348 e. The largest absolute Gasteiger partial charge is 0.348 e. The van der Waals surface area contributed by atoms with Crippen LogP contribution in [0.15, 0.2) is 54.6 Å². The first-order valence-electron chi connectivity index (χ1n) is 6.96. The van der Waals surface area contributed by atoms with Crippen molar-refractivity contribution in [3.8, 4) is 0 Å². The van der Waals surface area contributed by atoms with Gasteiger partial charge in [-0.25, -0.2) is 4.39 Å². The van der Waals surface area contributed by atoms with Gasteiger partial charge < -0.3 is 5.32 Å². The quantitative estimate of drug-likeness (QED) is 0.833. The Morgan fingerprint density at radius 1 is 1.05 bits per heavy atom. The van der Waals surface area contributed by atoms with E-state index in [1.54, 1.807) is 18.2 Å². The number of amides is 1. The van der Waals surface area contributed by atoms with Gasteiger partial charge in [-0.1, -0.05) is 43.3 Å². The summed E-state index contributed by atoms with van der Waals surface area (Å²) in [5, 5.41) is 2.76. The first-order valence-corrected chi connectivity index (χ1v) is 6.96. The number of carbonyl (C=O) groups excluding carboxylic acids is 1. The second kappa shape index (κ2) is 7.39. The van der Waals surface area contributed by atoms with Crippen molar-refractivity contribution in [1.29, 1.82) is 0 Å². The Bertz CT molecular complexity index is 615. The molecule has 0 spiro atoms. The van der Waals surface area contributed by atoms with Gasteiger partial charge in [-0.2, -0.15) is 0 Å². The van der Waals surface area contributed by atoms with Gasteiger partial charge in [0, 0.05) is 12.6 Å². The highest BCUT2D eigenvalue weighted by Crippen LogP contribution is 2.07. The van der Waals surface area contributed by atoms with E-state index in [1.807, 2.05) is 12.1 Å². The number of carbonyl (C=O) groups is 1. The molecule has 0 saturated heterocycles. The summed E-state index contributed by atoms with van der Waals surface area (Å²) in [6.07, 6.45) is 4.28. The highest BCUT2D eigenvalue weighted by Gasteiger charge is 1.97. The van der Waals surface area contributed by atoms with Gasteiger partial charge in [0.15, 0.2) is 0 Å². The van der Waals surface area contributed by atoms with Gasteiger partial charge in [-0.15, -0.1) is 0 Å². The second-order valence-electron chi connectivity index (χ2n) is 4.77. The lowest BCUT2D eigenvalue weighted by Gasteiger charge is -2.02. The molecular weight excluding hydrogens is 265 g/mol. The summed E-state index contributed by atoms with van der Waals surface area (Å²) in [6, 6.07) is 14.2. The molecule has 0 saturated carbocycles. The van der Waals surface area contributed by atoms with Crippen LogP contribution in [0.3, 0.4) is 0 Å². The number of hydrogen-bond acceptors (Lipinski definition) is 1. The van der Waals surface area contributed by atoms with Crippen molar-refractivity contribution in [2.75, 3.05) is 0 Å². The third-order valence-electron chi connectivity index (χ3n) is 3.20. The number of aryl methyl sites for hydroxylation is 1. The van der Waals surface area contributed by atoms with Crippen molar-refractivity contribution in [1.82, 2.24) is 5.32 Å².